The van der Waals surface area contributed by atoms with Crippen molar-refractivity contribution in [2.75, 3.05) is 6.54 Å². The van der Waals surface area contributed by atoms with Gasteiger partial charge in [-0.2, -0.15) is 0 Å². The molecule has 76 valence electrons. The third-order valence-corrected chi connectivity index (χ3v) is 2.39. The van der Waals surface area contributed by atoms with E-state index in [-0.39, 0.29) is 18.9 Å². The van der Waals surface area contributed by atoms with E-state index in [1.807, 2.05) is 0 Å². The Kier molecular flexibility index (Phi) is 2.28. The quantitative estimate of drug-likeness (QED) is 0.286. The van der Waals surface area contributed by atoms with E-state index in [0.29, 0.717) is 0 Å². The first-order valence-electron chi connectivity index (χ1n) is 4.26. The third-order valence-electron chi connectivity index (χ3n) is 2.39. The van der Waals surface area contributed by atoms with Crippen molar-refractivity contribution in [3.05, 3.63) is 10.4 Å². The maximum atomic E-state index is 10.8. The summed E-state index contributed by atoms with van der Waals surface area (Å²) in [7, 11) is 0. The Morgan fingerprint density at radius 1 is 1.71 bits per heavy atom. The van der Waals surface area contributed by atoms with Crippen LogP contribution in [0.1, 0.15) is 6.42 Å². The molecular weight excluding hydrogens is 190 g/mol. The van der Waals surface area contributed by atoms with Crippen LogP contribution in [0, 0.1) is 0 Å². The van der Waals surface area contributed by atoms with Gasteiger partial charge in [0.2, 0.25) is 0 Å². The highest BCUT2D eigenvalue weighted by Gasteiger charge is 2.50. The number of fused-ring (bicyclic) bond motifs is 1. The molecule has 2 aliphatic rings. The molecule has 0 aromatic rings. The molecule has 7 heteroatoms. The van der Waals surface area contributed by atoms with Crippen LogP contribution >= 0.6 is 0 Å². The van der Waals surface area contributed by atoms with E-state index in [0.717, 1.165) is 0 Å². The summed E-state index contributed by atoms with van der Waals surface area (Å²) in [6.07, 6.45) is -2.28. The van der Waals surface area contributed by atoms with E-state index in [4.69, 9.17) is 15.0 Å². The maximum absolute atomic E-state index is 10.8. The van der Waals surface area contributed by atoms with Gasteiger partial charge in [0.05, 0.1) is 19.1 Å². The Labute approximate surface area is 79.2 Å². The van der Waals surface area contributed by atoms with Gasteiger partial charge >= 0.3 is 5.97 Å². The minimum atomic E-state index is -0.892. The summed E-state index contributed by atoms with van der Waals surface area (Å²) in [4.78, 5) is 13.4. The number of aliphatic hydroxyl groups excluding tert-OH is 1. The Balaban J connectivity index is 2.01. The van der Waals surface area contributed by atoms with Crippen molar-refractivity contribution in [2.45, 2.75) is 30.8 Å². The topological polar surface area (TPSA) is 105 Å². The first-order valence-corrected chi connectivity index (χ1v) is 4.26. The lowest BCUT2D eigenvalue weighted by Crippen LogP contribution is -2.33. The SMILES string of the molecule is [N-]=[N+]=NC[C@H]1O[C@@H]2CC(=O)O[C@@H]2[C@H]1O. The monoisotopic (exact) mass is 199 g/mol. The fourth-order valence-corrected chi connectivity index (χ4v) is 1.76. The van der Waals surface area contributed by atoms with E-state index < -0.39 is 24.4 Å². The summed E-state index contributed by atoms with van der Waals surface area (Å²) in [6, 6.07) is 0. The molecule has 1 N–H and O–H groups in total. The number of hydrogen-bond donors (Lipinski definition) is 1. The Morgan fingerprint density at radius 3 is 3.14 bits per heavy atom. The van der Waals surface area contributed by atoms with Gasteiger partial charge < -0.3 is 14.6 Å². The number of ether oxygens (including phenoxy) is 2. The number of carbonyl (C=O) groups excluding carboxylic acids is 1. The highest BCUT2D eigenvalue weighted by atomic mass is 16.6. The Hall–Kier alpha value is -1.30. The molecule has 2 heterocycles. The van der Waals surface area contributed by atoms with E-state index in [2.05, 4.69) is 10.0 Å². The molecule has 0 aliphatic carbocycles. The zero-order valence-electron chi connectivity index (χ0n) is 7.24. The summed E-state index contributed by atoms with van der Waals surface area (Å²) in [5.74, 6) is -0.360. The zero-order chi connectivity index (χ0) is 10.1. The van der Waals surface area contributed by atoms with Crippen LogP contribution in [0.2, 0.25) is 0 Å². The number of aliphatic hydroxyl groups is 1. The van der Waals surface area contributed by atoms with Gasteiger partial charge in [-0.1, -0.05) is 5.11 Å². The van der Waals surface area contributed by atoms with Gasteiger partial charge in [-0.25, -0.2) is 0 Å². The number of nitrogens with zero attached hydrogens (tertiary/aromatic N) is 3. The maximum Gasteiger partial charge on any atom is 0.309 e. The van der Waals surface area contributed by atoms with Gasteiger partial charge in [0.1, 0.15) is 12.2 Å². The molecule has 0 spiro atoms. The lowest BCUT2D eigenvalue weighted by molar-refractivity contribution is -0.145. The highest BCUT2D eigenvalue weighted by molar-refractivity contribution is 5.73. The molecule has 2 fully saturated rings. The molecule has 0 amide bonds. The molecular formula is C7H9N3O4. The third kappa shape index (κ3) is 1.41. The molecule has 0 bridgehead atoms. The highest BCUT2D eigenvalue weighted by Crippen LogP contribution is 2.31. The number of carbonyl (C=O) groups is 1. The van der Waals surface area contributed by atoms with Crippen LogP contribution in [0.4, 0.5) is 0 Å². The number of rotatable bonds is 2. The molecule has 0 aromatic carbocycles. The van der Waals surface area contributed by atoms with Crippen molar-refractivity contribution >= 4 is 5.97 Å². The van der Waals surface area contributed by atoms with Gasteiger partial charge in [0, 0.05) is 4.91 Å². The molecule has 0 aromatic heterocycles. The fourth-order valence-electron chi connectivity index (χ4n) is 1.76. The molecule has 7 nitrogen and oxygen atoms in total. The normalized spacial score (nSPS) is 40.2. The van der Waals surface area contributed by atoms with E-state index in [1.54, 1.807) is 0 Å². The van der Waals surface area contributed by atoms with Crippen LogP contribution in [0.3, 0.4) is 0 Å². The van der Waals surface area contributed by atoms with Gasteiger partial charge in [0.25, 0.3) is 0 Å². The summed E-state index contributed by atoms with van der Waals surface area (Å²) in [5.41, 5.74) is 8.09. The average molecular weight is 199 g/mol. The van der Waals surface area contributed by atoms with Crippen LogP contribution in [0.25, 0.3) is 10.4 Å². The van der Waals surface area contributed by atoms with Gasteiger partial charge in [-0.3, -0.25) is 4.79 Å². The van der Waals surface area contributed by atoms with Crippen LogP contribution in [-0.2, 0) is 14.3 Å². The van der Waals surface area contributed by atoms with Crippen molar-refractivity contribution in [3.8, 4) is 0 Å². The van der Waals surface area contributed by atoms with Crippen molar-refractivity contribution in [2.24, 2.45) is 5.11 Å². The van der Waals surface area contributed by atoms with E-state index in [9.17, 15) is 9.90 Å². The summed E-state index contributed by atoms with van der Waals surface area (Å²) in [5, 5.41) is 12.9. The summed E-state index contributed by atoms with van der Waals surface area (Å²) >= 11 is 0. The first-order chi connectivity index (χ1) is 6.72. The largest absolute Gasteiger partial charge is 0.457 e. The predicted molar refractivity (Wildman–Crippen MR) is 43.2 cm³/mol. The molecule has 14 heavy (non-hydrogen) atoms. The standard InChI is InChI=1S/C7H9N3O4/c8-10-9-2-4-6(12)7-3(13-4)1-5(11)14-7/h3-4,6-7,12H,1-2H2/t3-,4-,6+,7+/m1/s1. The van der Waals surface area contributed by atoms with Crippen molar-refractivity contribution < 1.29 is 19.4 Å². The van der Waals surface area contributed by atoms with Gasteiger partial charge in [-0.05, 0) is 5.53 Å². The minimum Gasteiger partial charge on any atom is -0.457 e. The van der Waals surface area contributed by atoms with E-state index in [1.165, 1.54) is 0 Å². The zero-order valence-corrected chi connectivity index (χ0v) is 7.24. The van der Waals surface area contributed by atoms with Gasteiger partial charge in [0.15, 0.2) is 6.10 Å². The fraction of sp³-hybridized carbons (Fsp3) is 0.857. The van der Waals surface area contributed by atoms with Crippen LogP contribution in [0.5, 0.6) is 0 Å². The van der Waals surface area contributed by atoms with Crippen LogP contribution < -0.4 is 0 Å². The van der Waals surface area contributed by atoms with Crippen molar-refractivity contribution in [1.29, 1.82) is 0 Å². The smallest absolute Gasteiger partial charge is 0.309 e. The predicted octanol–water partition coefficient (Wildman–Crippen LogP) is -0.260. The number of esters is 1. The summed E-state index contributed by atoms with van der Waals surface area (Å²) < 4.78 is 10.2. The second-order valence-electron chi connectivity index (χ2n) is 3.28. The number of hydrogen-bond acceptors (Lipinski definition) is 5. The molecule has 0 saturated carbocycles. The first kappa shape index (κ1) is 9.26. The van der Waals surface area contributed by atoms with Crippen molar-refractivity contribution in [3.63, 3.8) is 0 Å². The molecule has 4 atom stereocenters. The Morgan fingerprint density at radius 2 is 2.50 bits per heavy atom. The molecule has 0 unspecified atom stereocenters. The average Bonchev–Trinajstić information content (AvgIpc) is 2.63. The van der Waals surface area contributed by atoms with Crippen LogP contribution in [-0.4, -0.2) is 42.0 Å². The molecule has 0 radical (unpaired) electrons. The van der Waals surface area contributed by atoms with Gasteiger partial charge in [-0.15, -0.1) is 0 Å². The second-order valence-corrected chi connectivity index (χ2v) is 3.28. The second kappa shape index (κ2) is 3.45. The van der Waals surface area contributed by atoms with Crippen molar-refractivity contribution in [1.82, 2.24) is 0 Å². The molecule has 2 rings (SSSR count). The van der Waals surface area contributed by atoms with Crippen LogP contribution in [0.15, 0.2) is 5.11 Å². The lowest BCUT2D eigenvalue weighted by Gasteiger charge is -2.13. The minimum absolute atomic E-state index is 0.0578. The molecule has 2 saturated heterocycles. The van der Waals surface area contributed by atoms with E-state index >= 15 is 0 Å². The molecule has 2 aliphatic heterocycles. The summed E-state index contributed by atoms with van der Waals surface area (Å²) in [6.45, 7) is 0.0578. The number of azide groups is 1. The lowest BCUT2D eigenvalue weighted by atomic mass is 10.1. The Bertz CT molecular complexity index is 301.